The van der Waals surface area contributed by atoms with Crippen molar-refractivity contribution in [2.24, 2.45) is 17.3 Å². The van der Waals surface area contributed by atoms with Crippen LogP contribution >= 0.6 is 0 Å². The topological polar surface area (TPSA) is 111 Å². The number of nitrogens with one attached hydrogen (secondary N) is 2. The van der Waals surface area contributed by atoms with E-state index in [1.54, 1.807) is 10.4 Å². The van der Waals surface area contributed by atoms with Crippen LogP contribution in [0.4, 0.5) is 11.4 Å². The van der Waals surface area contributed by atoms with E-state index in [1.807, 2.05) is 24.3 Å². The van der Waals surface area contributed by atoms with E-state index in [-0.39, 0.29) is 23.7 Å². The molecule has 5 rings (SSSR count). The zero-order valence-electron chi connectivity index (χ0n) is 20.9. The molecule has 4 aliphatic rings. The molecule has 2 saturated carbocycles. The predicted octanol–water partition coefficient (Wildman–Crippen LogP) is 2.93. The van der Waals surface area contributed by atoms with Gasteiger partial charge in [-0.15, -0.1) is 0 Å². The summed E-state index contributed by atoms with van der Waals surface area (Å²) >= 11 is 0. The largest absolute Gasteiger partial charge is 0.378 e. The molecular formula is C27H38N4O5. The van der Waals surface area contributed by atoms with Gasteiger partial charge in [-0.25, -0.2) is 5.48 Å². The van der Waals surface area contributed by atoms with Crippen molar-refractivity contribution in [3.05, 3.63) is 24.3 Å². The molecule has 4 fully saturated rings. The molecule has 2 aliphatic heterocycles. The van der Waals surface area contributed by atoms with Crippen LogP contribution in [0.25, 0.3) is 0 Å². The highest BCUT2D eigenvalue weighted by Gasteiger charge is 2.55. The molecule has 36 heavy (non-hydrogen) atoms. The van der Waals surface area contributed by atoms with E-state index in [0.29, 0.717) is 44.2 Å². The van der Waals surface area contributed by atoms with Gasteiger partial charge >= 0.3 is 0 Å². The zero-order valence-corrected chi connectivity index (χ0v) is 20.9. The molecule has 0 bridgehead atoms. The molecule has 2 heterocycles. The molecule has 1 spiro atoms. The summed E-state index contributed by atoms with van der Waals surface area (Å²) in [5.74, 6) is -0.944. The number of amides is 3. The number of hydrogen-bond donors (Lipinski definition) is 3. The van der Waals surface area contributed by atoms with Crippen molar-refractivity contribution in [1.29, 1.82) is 0 Å². The molecule has 2 aliphatic carbocycles. The fourth-order valence-corrected chi connectivity index (χ4v) is 6.29. The lowest BCUT2D eigenvalue weighted by Gasteiger charge is -2.30. The van der Waals surface area contributed by atoms with Gasteiger partial charge < -0.3 is 19.9 Å². The van der Waals surface area contributed by atoms with E-state index in [4.69, 9.17) is 9.94 Å². The molecule has 3 N–H and O–H groups in total. The second-order valence-corrected chi connectivity index (χ2v) is 11.1. The van der Waals surface area contributed by atoms with E-state index < -0.39 is 17.9 Å². The maximum atomic E-state index is 13.8. The standard InChI is InChI=1S/C27H38N4O5/c32-24(29-35)16-20(15-19-3-1-2-4-19)26(34)31-18-27(9-10-27)17-23(31)25(33)28-21-5-7-22(8-6-21)30-11-13-36-14-12-30/h5-8,19-20,23,35H,1-4,9-18H2,(H,28,33)(H,29,32). The van der Waals surface area contributed by atoms with Crippen molar-refractivity contribution in [3.63, 3.8) is 0 Å². The third kappa shape index (κ3) is 5.67. The van der Waals surface area contributed by atoms with Gasteiger partial charge in [-0.1, -0.05) is 25.7 Å². The number of nitrogens with zero attached hydrogens (tertiary/aromatic N) is 2. The number of morpholine rings is 1. The highest BCUT2D eigenvalue weighted by atomic mass is 16.5. The number of carbonyl (C=O) groups excluding carboxylic acids is 3. The number of ether oxygens (including phenoxy) is 1. The van der Waals surface area contributed by atoms with Gasteiger partial charge in [0.15, 0.2) is 0 Å². The van der Waals surface area contributed by atoms with Gasteiger partial charge in [0.2, 0.25) is 17.7 Å². The molecule has 9 heteroatoms. The number of hydrogen-bond acceptors (Lipinski definition) is 6. The van der Waals surface area contributed by atoms with Crippen molar-refractivity contribution in [2.75, 3.05) is 43.1 Å². The van der Waals surface area contributed by atoms with Gasteiger partial charge in [-0.3, -0.25) is 19.6 Å². The summed E-state index contributed by atoms with van der Waals surface area (Å²) in [4.78, 5) is 43.2. The Morgan fingerprint density at radius 1 is 1.08 bits per heavy atom. The molecule has 2 unspecified atom stereocenters. The zero-order chi connectivity index (χ0) is 25.1. The van der Waals surface area contributed by atoms with Crippen LogP contribution in [0.3, 0.4) is 0 Å². The number of benzene rings is 1. The summed E-state index contributed by atoms with van der Waals surface area (Å²) in [5.41, 5.74) is 3.54. The Morgan fingerprint density at radius 2 is 1.78 bits per heavy atom. The quantitative estimate of drug-likeness (QED) is 0.375. The lowest BCUT2D eigenvalue weighted by atomic mass is 9.89. The van der Waals surface area contributed by atoms with Crippen LogP contribution in [0, 0.1) is 17.3 Å². The first-order valence-corrected chi connectivity index (χ1v) is 13.4. The number of likely N-dealkylation sites (tertiary alicyclic amines) is 1. The third-order valence-electron chi connectivity index (χ3n) is 8.56. The van der Waals surface area contributed by atoms with Crippen LogP contribution in [0.1, 0.15) is 57.8 Å². The Kier molecular flexibility index (Phi) is 7.48. The Morgan fingerprint density at radius 3 is 2.42 bits per heavy atom. The van der Waals surface area contributed by atoms with Gasteiger partial charge in [-0.2, -0.15) is 0 Å². The van der Waals surface area contributed by atoms with Gasteiger partial charge in [0.25, 0.3) is 0 Å². The van der Waals surface area contributed by atoms with Crippen LogP contribution in [0.5, 0.6) is 0 Å². The summed E-state index contributed by atoms with van der Waals surface area (Å²) in [5, 5.41) is 12.1. The molecule has 9 nitrogen and oxygen atoms in total. The Hall–Kier alpha value is -2.65. The van der Waals surface area contributed by atoms with Crippen LogP contribution in [-0.4, -0.2) is 66.7 Å². The van der Waals surface area contributed by atoms with E-state index in [1.165, 1.54) is 0 Å². The number of rotatable bonds is 8. The highest BCUT2D eigenvalue weighted by molar-refractivity contribution is 5.98. The summed E-state index contributed by atoms with van der Waals surface area (Å²) in [6.07, 6.45) is 7.74. The normalized spacial score (nSPS) is 24.1. The minimum atomic E-state index is -0.548. The van der Waals surface area contributed by atoms with Crippen LogP contribution in [0.15, 0.2) is 24.3 Å². The van der Waals surface area contributed by atoms with Crippen LogP contribution in [0.2, 0.25) is 0 Å². The second-order valence-electron chi connectivity index (χ2n) is 11.1. The molecule has 0 radical (unpaired) electrons. The maximum Gasteiger partial charge on any atom is 0.247 e. The Labute approximate surface area is 212 Å². The molecule has 1 aromatic carbocycles. The van der Waals surface area contributed by atoms with Crippen molar-refractivity contribution >= 4 is 29.1 Å². The monoisotopic (exact) mass is 498 g/mol. The number of anilines is 2. The van der Waals surface area contributed by atoms with Gasteiger partial charge in [0.05, 0.1) is 13.2 Å². The van der Waals surface area contributed by atoms with Gasteiger partial charge in [-0.05, 0) is 61.3 Å². The fraction of sp³-hybridized carbons (Fsp3) is 0.667. The smallest absolute Gasteiger partial charge is 0.247 e. The lowest BCUT2D eigenvalue weighted by Crippen LogP contribution is -2.46. The fourth-order valence-electron chi connectivity index (χ4n) is 6.29. The van der Waals surface area contributed by atoms with Crippen LogP contribution < -0.4 is 15.7 Å². The molecule has 1 aromatic rings. The minimum absolute atomic E-state index is 0.0367. The van der Waals surface area contributed by atoms with Gasteiger partial charge in [0, 0.05) is 43.3 Å². The first-order valence-electron chi connectivity index (χ1n) is 13.4. The molecule has 3 amide bonds. The second kappa shape index (κ2) is 10.8. The van der Waals surface area contributed by atoms with Crippen molar-refractivity contribution in [3.8, 4) is 0 Å². The van der Waals surface area contributed by atoms with Crippen molar-refractivity contribution in [2.45, 2.75) is 63.8 Å². The average Bonchev–Trinajstić information content (AvgIpc) is 3.27. The van der Waals surface area contributed by atoms with E-state index >= 15 is 0 Å². The SMILES string of the molecule is O=C(CC(CC1CCCC1)C(=O)N1CC2(CC2)CC1C(=O)Nc1ccc(N2CCOCC2)cc1)NO. The minimum Gasteiger partial charge on any atom is -0.378 e. The molecular weight excluding hydrogens is 460 g/mol. The summed E-state index contributed by atoms with van der Waals surface area (Å²) < 4.78 is 5.42. The van der Waals surface area contributed by atoms with Crippen molar-refractivity contribution in [1.82, 2.24) is 10.4 Å². The number of carbonyl (C=O) groups is 3. The first-order chi connectivity index (χ1) is 17.5. The Balaban J connectivity index is 1.27. The molecule has 0 aromatic heterocycles. The maximum absolute atomic E-state index is 13.8. The average molecular weight is 499 g/mol. The predicted molar refractivity (Wildman–Crippen MR) is 134 cm³/mol. The summed E-state index contributed by atoms with van der Waals surface area (Å²) in [6, 6.07) is 7.29. The van der Waals surface area contributed by atoms with Crippen LogP contribution in [-0.2, 0) is 19.1 Å². The summed E-state index contributed by atoms with van der Waals surface area (Å²) in [7, 11) is 0. The van der Waals surface area contributed by atoms with E-state index in [0.717, 1.165) is 57.3 Å². The van der Waals surface area contributed by atoms with Crippen molar-refractivity contribution < 1.29 is 24.3 Å². The van der Waals surface area contributed by atoms with E-state index in [2.05, 4.69) is 10.2 Å². The molecule has 2 saturated heterocycles. The molecule has 2 atom stereocenters. The first kappa shape index (κ1) is 25.0. The molecule has 196 valence electrons. The third-order valence-corrected chi connectivity index (χ3v) is 8.56. The van der Waals surface area contributed by atoms with E-state index in [9.17, 15) is 14.4 Å². The number of hydroxylamine groups is 1. The van der Waals surface area contributed by atoms with Gasteiger partial charge in [0.1, 0.15) is 6.04 Å². The Bertz CT molecular complexity index is 951. The lowest BCUT2D eigenvalue weighted by molar-refractivity contribution is -0.144. The summed E-state index contributed by atoms with van der Waals surface area (Å²) in [6.45, 7) is 3.70. The highest BCUT2D eigenvalue weighted by Crippen LogP contribution is 2.55.